The van der Waals surface area contributed by atoms with Gasteiger partial charge in [-0.05, 0) is 37.4 Å². The Labute approximate surface area is 163 Å². The Morgan fingerprint density at radius 2 is 1.79 bits per heavy atom. The molecule has 0 unspecified atom stereocenters. The van der Waals surface area contributed by atoms with Crippen LogP contribution in [0.1, 0.15) is 10.4 Å². The predicted molar refractivity (Wildman–Crippen MR) is 105 cm³/mol. The lowest BCUT2D eigenvalue weighted by atomic mass is 10.1. The molecule has 2 N–H and O–H groups in total. The third kappa shape index (κ3) is 4.77. The van der Waals surface area contributed by atoms with Crippen LogP contribution in [0.2, 0.25) is 0 Å². The van der Waals surface area contributed by atoms with Crippen LogP contribution in [-0.2, 0) is 0 Å². The van der Waals surface area contributed by atoms with E-state index in [0.717, 1.165) is 19.2 Å². The van der Waals surface area contributed by atoms with Crippen LogP contribution in [0, 0.1) is 5.82 Å². The molecule has 1 heterocycles. The summed E-state index contributed by atoms with van der Waals surface area (Å²) in [5.74, 6) is -0.504. The lowest BCUT2D eigenvalue weighted by Crippen LogP contribution is -2.48. The summed E-state index contributed by atoms with van der Waals surface area (Å²) in [6.07, 6.45) is 0. The van der Waals surface area contributed by atoms with Gasteiger partial charge in [0.05, 0.1) is 18.4 Å². The molecule has 3 amide bonds. The first-order valence-corrected chi connectivity index (χ1v) is 8.95. The van der Waals surface area contributed by atoms with Crippen molar-refractivity contribution in [3.63, 3.8) is 0 Å². The smallest absolute Gasteiger partial charge is 0.321 e. The topological polar surface area (TPSA) is 73.9 Å². The first kappa shape index (κ1) is 19.6. The molecule has 2 aromatic rings. The summed E-state index contributed by atoms with van der Waals surface area (Å²) in [7, 11) is 3.52. The molecule has 28 heavy (non-hydrogen) atoms. The average Bonchev–Trinajstić information content (AvgIpc) is 2.69. The third-order valence-corrected chi connectivity index (χ3v) is 4.59. The number of hydrogen-bond acceptors (Lipinski definition) is 4. The number of carbonyl (C=O) groups is 2. The zero-order valence-corrected chi connectivity index (χ0v) is 15.9. The molecule has 0 atom stereocenters. The first-order chi connectivity index (χ1) is 13.5. The van der Waals surface area contributed by atoms with Crippen molar-refractivity contribution in [1.29, 1.82) is 0 Å². The molecular formula is C20H23FN4O3. The second-order valence-electron chi connectivity index (χ2n) is 6.60. The van der Waals surface area contributed by atoms with Gasteiger partial charge in [-0.25, -0.2) is 9.18 Å². The molecule has 0 radical (unpaired) electrons. The van der Waals surface area contributed by atoms with E-state index in [-0.39, 0.29) is 17.3 Å². The minimum atomic E-state index is -0.562. The van der Waals surface area contributed by atoms with Gasteiger partial charge in [-0.2, -0.15) is 0 Å². The molecule has 1 fully saturated rings. The van der Waals surface area contributed by atoms with Crippen molar-refractivity contribution in [2.24, 2.45) is 0 Å². The molecule has 8 heteroatoms. The molecule has 1 aliphatic rings. The number of likely N-dealkylation sites (N-methyl/N-ethyl adjacent to an activating group) is 1. The van der Waals surface area contributed by atoms with Crippen LogP contribution in [0.4, 0.5) is 20.6 Å². The lowest BCUT2D eigenvalue weighted by molar-refractivity contribution is 0.102. The molecule has 0 saturated carbocycles. The van der Waals surface area contributed by atoms with Crippen molar-refractivity contribution in [3.05, 3.63) is 53.8 Å². The maximum Gasteiger partial charge on any atom is 0.321 e. The Morgan fingerprint density at radius 1 is 1.04 bits per heavy atom. The number of anilines is 2. The van der Waals surface area contributed by atoms with E-state index >= 15 is 0 Å². The number of hydrogen-bond donors (Lipinski definition) is 2. The standard InChI is InChI=1S/C20H23FN4O3/c1-24-8-10-25(11-9-24)20(27)23-18-7-6-14(21)12-17(18)19(26)22-15-4-3-5-16(13-15)28-2/h3-7,12-13H,8-11H2,1-2H3,(H,22,26)(H,23,27). The predicted octanol–water partition coefficient (Wildman–Crippen LogP) is 2.87. The van der Waals surface area contributed by atoms with E-state index in [1.807, 2.05) is 7.05 Å². The Bertz CT molecular complexity index is 866. The molecule has 2 aromatic carbocycles. The van der Waals surface area contributed by atoms with Gasteiger partial charge in [0, 0.05) is 37.9 Å². The van der Waals surface area contributed by atoms with E-state index in [4.69, 9.17) is 4.74 Å². The highest BCUT2D eigenvalue weighted by atomic mass is 19.1. The zero-order valence-electron chi connectivity index (χ0n) is 15.9. The maximum atomic E-state index is 13.8. The fourth-order valence-corrected chi connectivity index (χ4v) is 2.92. The van der Waals surface area contributed by atoms with Crippen molar-refractivity contribution >= 4 is 23.3 Å². The van der Waals surface area contributed by atoms with Crippen molar-refractivity contribution in [2.45, 2.75) is 0 Å². The second kappa shape index (κ2) is 8.71. The number of rotatable bonds is 4. The van der Waals surface area contributed by atoms with Crippen LogP contribution in [0.15, 0.2) is 42.5 Å². The van der Waals surface area contributed by atoms with Gasteiger partial charge >= 0.3 is 6.03 Å². The van der Waals surface area contributed by atoms with E-state index in [1.54, 1.807) is 29.2 Å². The van der Waals surface area contributed by atoms with Crippen LogP contribution < -0.4 is 15.4 Å². The molecule has 0 aromatic heterocycles. The Balaban J connectivity index is 1.76. The van der Waals surface area contributed by atoms with E-state index in [9.17, 15) is 14.0 Å². The number of halogens is 1. The highest BCUT2D eigenvalue weighted by Gasteiger charge is 2.21. The molecular weight excluding hydrogens is 363 g/mol. The zero-order chi connectivity index (χ0) is 20.1. The second-order valence-corrected chi connectivity index (χ2v) is 6.60. The first-order valence-electron chi connectivity index (χ1n) is 8.95. The molecule has 148 valence electrons. The van der Waals surface area contributed by atoms with E-state index in [2.05, 4.69) is 15.5 Å². The van der Waals surface area contributed by atoms with E-state index in [1.165, 1.54) is 19.2 Å². The normalized spacial score (nSPS) is 14.5. The number of urea groups is 1. The van der Waals surface area contributed by atoms with Crippen LogP contribution >= 0.6 is 0 Å². The minimum Gasteiger partial charge on any atom is -0.497 e. The Morgan fingerprint density at radius 3 is 2.50 bits per heavy atom. The highest BCUT2D eigenvalue weighted by Crippen LogP contribution is 2.22. The molecule has 1 aliphatic heterocycles. The molecule has 0 aliphatic carbocycles. The van der Waals surface area contributed by atoms with Gasteiger partial charge in [-0.1, -0.05) is 6.07 Å². The van der Waals surface area contributed by atoms with Crippen LogP contribution in [-0.4, -0.2) is 62.1 Å². The summed E-state index contributed by atoms with van der Waals surface area (Å²) >= 11 is 0. The Kier molecular flexibility index (Phi) is 6.10. The summed E-state index contributed by atoms with van der Waals surface area (Å²) in [4.78, 5) is 29.0. The van der Waals surface area contributed by atoms with Crippen molar-refractivity contribution in [1.82, 2.24) is 9.80 Å². The SMILES string of the molecule is COc1cccc(NC(=O)c2cc(F)ccc2NC(=O)N2CCN(C)CC2)c1. The van der Waals surface area contributed by atoms with Gasteiger partial charge in [0.15, 0.2) is 0 Å². The maximum absolute atomic E-state index is 13.8. The monoisotopic (exact) mass is 386 g/mol. The summed E-state index contributed by atoms with van der Waals surface area (Å²) in [5.41, 5.74) is 0.806. The largest absolute Gasteiger partial charge is 0.497 e. The fraction of sp³-hybridized carbons (Fsp3) is 0.300. The van der Waals surface area contributed by atoms with Crippen LogP contribution in [0.25, 0.3) is 0 Å². The number of ether oxygens (including phenoxy) is 1. The number of piperazine rings is 1. The summed E-state index contributed by atoms with van der Waals surface area (Å²) < 4.78 is 18.9. The van der Waals surface area contributed by atoms with Gasteiger partial charge in [0.2, 0.25) is 0 Å². The summed E-state index contributed by atoms with van der Waals surface area (Å²) in [5, 5.41) is 5.43. The Hall–Kier alpha value is -3.13. The molecule has 0 bridgehead atoms. The van der Waals surface area contributed by atoms with Crippen molar-refractivity contribution in [2.75, 3.05) is 51.0 Å². The molecule has 3 rings (SSSR count). The van der Waals surface area contributed by atoms with Crippen LogP contribution in [0.5, 0.6) is 5.75 Å². The van der Waals surface area contributed by atoms with Crippen LogP contribution in [0.3, 0.4) is 0 Å². The number of methoxy groups -OCH3 is 1. The summed E-state index contributed by atoms with van der Waals surface area (Å²) in [6, 6.07) is 10.2. The van der Waals surface area contributed by atoms with E-state index in [0.29, 0.717) is 24.5 Å². The number of benzene rings is 2. The fourth-order valence-electron chi connectivity index (χ4n) is 2.92. The van der Waals surface area contributed by atoms with Crippen molar-refractivity contribution in [3.8, 4) is 5.75 Å². The molecule has 0 spiro atoms. The molecule has 1 saturated heterocycles. The van der Waals surface area contributed by atoms with Gasteiger partial charge in [-0.15, -0.1) is 0 Å². The number of nitrogens with zero attached hydrogens (tertiary/aromatic N) is 2. The van der Waals surface area contributed by atoms with Gasteiger partial charge in [0.1, 0.15) is 11.6 Å². The number of carbonyl (C=O) groups excluding carboxylic acids is 2. The van der Waals surface area contributed by atoms with Gasteiger partial charge < -0.3 is 25.2 Å². The molecule has 7 nitrogen and oxygen atoms in total. The quantitative estimate of drug-likeness (QED) is 0.848. The van der Waals surface area contributed by atoms with Crippen molar-refractivity contribution < 1.29 is 18.7 Å². The minimum absolute atomic E-state index is 0.0466. The number of amides is 3. The van der Waals surface area contributed by atoms with E-state index < -0.39 is 11.7 Å². The van der Waals surface area contributed by atoms with Gasteiger partial charge in [0.25, 0.3) is 5.91 Å². The number of nitrogens with one attached hydrogen (secondary N) is 2. The summed E-state index contributed by atoms with van der Waals surface area (Å²) in [6.45, 7) is 2.74. The average molecular weight is 386 g/mol. The lowest BCUT2D eigenvalue weighted by Gasteiger charge is -2.32. The highest BCUT2D eigenvalue weighted by molar-refractivity contribution is 6.10. The van der Waals surface area contributed by atoms with Gasteiger partial charge in [-0.3, -0.25) is 4.79 Å². The third-order valence-electron chi connectivity index (χ3n) is 4.59.